The van der Waals surface area contributed by atoms with Crippen molar-refractivity contribution in [1.82, 2.24) is 19.9 Å². The fraction of sp³-hybridized carbons (Fsp3) is 0.375. The van der Waals surface area contributed by atoms with E-state index in [2.05, 4.69) is 15.2 Å². The molecule has 0 spiro atoms. The van der Waals surface area contributed by atoms with Crippen LogP contribution in [-0.2, 0) is 7.05 Å². The minimum atomic E-state index is -0.636. The molecule has 80 valence electrons. The van der Waals surface area contributed by atoms with Gasteiger partial charge in [-0.15, -0.1) is 0 Å². The quantitative estimate of drug-likeness (QED) is 0.703. The van der Waals surface area contributed by atoms with Gasteiger partial charge in [-0.05, 0) is 0 Å². The van der Waals surface area contributed by atoms with Gasteiger partial charge in [-0.3, -0.25) is 4.68 Å². The first-order chi connectivity index (χ1) is 7.20. The third-order valence-corrected chi connectivity index (χ3v) is 1.92. The van der Waals surface area contributed by atoms with Crippen molar-refractivity contribution in [2.45, 2.75) is 6.04 Å². The van der Waals surface area contributed by atoms with Gasteiger partial charge in [0, 0.05) is 13.2 Å². The Balaban J connectivity index is 2.27. The lowest BCUT2D eigenvalue weighted by Crippen LogP contribution is -2.14. The summed E-state index contributed by atoms with van der Waals surface area (Å²) >= 11 is 0. The number of aryl methyl sites for hydroxylation is 1. The van der Waals surface area contributed by atoms with E-state index in [1.165, 1.54) is 0 Å². The first kappa shape index (κ1) is 9.81. The summed E-state index contributed by atoms with van der Waals surface area (Å²) in [4.78, 5) is 4.05. The number of aliphatic hydroxyl groups is 1. The third-order valence-electron chi connectivity index (χ3n) is 1.92. The van der Waals surface area contributed by atoms with Crippen molar-refractivity contribution >= 4 is 0 Å². The third kappa shape index (κ3) is 1.88. The molecule has 0 radical (unpaired) electrons. The molecule has 1 atom stereocenters. The molecule has 0 fully saturated rings. The molecule has 2 aromatic heterocycles. The topological polar surface area (TPSA) is 103 Å². The Labute approximate surface area is 85.5 Å². The lowest BCUT2D eigenvalue weighted by atomic mass is 10.3. The Hall–Kier alpha value is -1.73. The van der Waals surface area contributed by atoms with Gasteiger partial charge in [-0.2, -0.15) is 10.1 Å². The van der Waals surface area contributed by atoms with Gasteiger partial charge in [0.2, 0.25) is 11.7 Å². The van der Waals surface area contributed by atoms with E-state index < -0.39 is 6.04 Å². The maximum Gasteiger partial charge on any atom is 0.246 e. The van der Waals surface area contributed by atoms with Gasteiger partial charge in [-0.25, -0.2) is 0 Å². The number of nitrogens with two attached hydrogens (primary N) is 1. The number of hydrogen-bond donors (Lipinski definition) is 2. The van der Waals surface area contributed by atoms with E-state index in [4.69, 9.17) is 15.4 Å². The molecule has 0 saturated carbocycles. The summed E-state index contributed by atoms with van der Waals surface area (Å²) in [7, 11) is 1.80. The fourth-order valence-corrected chi connectivity index (χ4v) is 1.12. The lowest BCUT2D eigenvalue weighted by molar-refractivity contribution is 0.237. The average Bonchev–Trinajstić information content (AvgIpc) is 2.84. The van der Waals surface area contributed by atoms with Crippen LogP contribution in [0.5, 0.6) is 0 Å². The second kappa shape index (κ2) is 3.79. The van der Waals surface area contributed by atoms with E-state index >= 15 is 0 Å². The fourth-order valence-electron chi connectivity index (χ4n) is 1.12. The Morgan fingerprint density at radius 1 is 1.67 bits per heavy atom. The second-order valence-electron chi connectivity index (χ2n) is 3.15. The molecule has 1 unspecified atom stereocenters. The van der Waals surface area contributed by atoms with Gasteiger partial charge < -0.3 is 15.4 Å². The molecule has 0 bridgehead atoms. The monoisotopic (exact) mass is 209 g/mol. The molecule has 7 heteroatoms. The minimum absolute atomic E-state index is 0.219. The van der Waals surface area contributed by atoms with Crippen LogP contribution < -0.4 is 5.73 Å². The van der Waals surface area contributed by atoms with Crippen LogP contribution in [-0.4, -0.2) is 31.6 Å². The Morgan fingerprint density at radius 2 is 2.47 bits per heavy atom. The van der Waals surface area contributed by atoms with Crippen LogP contribution >= 0.6 is 0 Å². The van der Waals surface area contributed by atoms with Crippen molar-refractivity contribution in [1.29, 1.82) is 0 Å². The highest BCUT2D eigenvalue weighted by Crippen LogP contribution is 2.16. The van der Waals surface area contributed by atoms with Crippen LogP contribution in [0.3, 0.4) is 0 Å². The van der Waals surface area contributed by atoms with Crippen molar-refractivity contribution in [3.05, 3.63) is 18.3 Å². The van der Waals surface area contributed by atoms with Crippen LogP contribution in [0.15, 0.2) is 16.9 Å². The highest BCUT2D eigenvalue weighted by molar-refractivity contribution is 5.51. The molecule has 2 aromatic rings. The summed E-state index contributed by atoms with van der Waals surface area (Å²) in [6.45, 7) is -0.228. The summed E-state index contributed by atoms with van der Waals surface area (Å²) in [6, 6.07) is -0.636. The maximum absolute atomic E-state index is 8.80. The standard InChI is InChI=1S/C8H11N5O2/c1-13-3-5(2-10-13)7-11-8(15-12-7)6(9)4-14/h2-3,6,14H,4,9H2,1H3. The lowest BCUT2D eigenvalue weighted by Gasteiger charge is -1.98. The first-order valence-electron chi connectivity index (χ1n) is 4.39. The average molecular weight is 209 g/mol. The zero-order chi connectivity index (χ0) is 10.8. The molecular formula is C8H11N5O2. The van der Waals surface area contributed by atoms with Crippen LogP contribution in [0.25, 0.3) is 11.4 Å². The number of aromatic nitrogens is 4. The molecule has 0 saturated heterocycles. The normalized spacial score (nSPS) is 13.0. The molecule has 2 rings (SSSR count). The minimum Gasteiger partial charge on any atom is -0.394 e. The molecule has 3 N–H and O–H groups in total. The SMILES string of the molecule is Cn1cc(-c2noc(C(N)CO)n2)cn1. The molecule has 15 heavy (non-hydrogen) atoms. The summed E-state index contributed by atoms with van der Waals surface area (Å²) < 4.78 is 6.53. The molecule has 0 aliphatic heterocycles. The molecule has 2 heterocycles. The predicted octanol–water partition coefficient (Wildman–Crippen LogP) is -0.538. The van der Waals surface area contributed by atoms with Crippen LogP contribution in [0.1, 0.15) is 11.9 Å². The van der Waals surface area contributed by atoms with E-state index in [1.807, 2.05) is 0 Å². The number of hydrogen-bond acceptors (Lipinski definition) is 6. The molecule has 0 aliphatic rings. The van der Waals surface area contributed by atoms with Crippen LogP contribution in [0.2, 0.25) is 0 Å². The summed E-state index contributed by atoms with van der Waals surface area (Å²) in [5, 5.41) is 16.5. The van der Waals surface area contributed by atoms with E-state index in [-0.39, 0.29) is 12.5 Å². The highest BCUT2D eigenvalue weighted by atomic mass is 16.5. The van der Waals surface area contributed by atoms with E-state index in [0.29, 0.717) is 5.82 Å². The second-order valence-corrected chi connectivity index (χ2v) is 3.15. The molecule has 7 nitrogen and oxygen atoms in total. The van der Waals surface area contributed by atoms with Crippen molar-refractivity contribution in [3.8, 4) is 11.4 Å². The van der Waals surface area contributed by atoms with E-state index in [1.54, 1.807) is 24.1 Å². The summed E-state index contributed by atoms with van der Waals surface area (Å²) in [6.07, 6.45) is 3.39. The highest BCUT2D eigenvalue weighted by Gasteiger charge is 2.15. The van der Waals surface area contributed by atoms with Crippen molar-refractivity contribution in [3.63, 3.8) is 0 Å². The number of rotatable bonds is 3. The smallest absolute Gasteiger partial charge is 0.246 e. The summed E-state index contributed by atoms with van der Waals surface area (Å²) in [5.74, 6) is 0.637. The maximum atomic E-state index is 8.80. The largest absolute Gasteiger partial charge is 0.394 e. The van der Waals surface area contributed by atoms with Crippen molar-refractivity contribution < 1.29 is 9.63 Å². The molecule has 0 aromatic carbocycles. The van der Waals surface area contributed by atoms with Crippen molar-refractivity contribution in [2.24, 2.45) is 12.8 Å². The van der Waals surface area contributed by atoms with Gasteiger partial charge in [0.15, 0.2) is 0 Å². The van der Waals surface area contributed by atoms with Gasteiger partial charge in [0.25, 0.3) is 0 Å². The van der Waals surface area contributed by atoms with Gasteiger partial charge in [0.05, 0.1) is 18.4 Å². The zero-order valence-electron chi connectivity index (χ0n) is 8.16. The van der Waals surface area contributed by atoms with Gasteiger partial charge in [-0.1, -0.05) is 5.16 Å². The van der Waals surface area contributed by atoms with Gasteiger partial charge >= 0.3 is 0 Å². The Morgan fingerprint density at radius 3 is 3.07 bits per heavy atom. The molecule has 0 aliphatic carbocycles. The first-order valence-corrected chi connectivity index (χ1v) is 4.39. The van der Waals surface area contributed by atoms with Gasteiger partial charge in [0.1, 0.15) is 6.04 Å². The number of nitrogens with zero attached hydrogens (tertiary/aromatic N) is 4. The van der Waals surface area contributed by atoms with Crippen LogP contribution in [0, 0.1) is 0 Å². The Bertz CT molecular complexity index is 449. The van der Waals surface area contributed by atoms with E-state index in [0.717, 1.165) is 5.56 Å². The molecular weight excluding hydrogens is 198 g/mol. The molecule has 0 amide bonds. The number of aliphatic hydroxyl groups excluding tert-OH is 1. The van der Waals surface area contributed by atoms with Crippen molar-refractivity contribution in [2.75, 3.05) is 6.61 Å². The zero-order valence-corrected chi connectivity index (χ0v) is 8.16. The Kier molecular flexibility index (Phi) is 2.48. The predicted molar refractivity (Wildman–Crippen MR) is 50.5 cm³/mol. The van der Waals surface area contributed by atoms with Crippen LogP contribution in [0.4, 0.5) is 0 Å². The van der Waals surface area contributed by atoms with E-state index in [9.17, 15) is 0 Å². The summed E-state index contributed by atoms with van der Waals surface area (Å²) in [5.41, 5.74) is 6.27.